The molecular formula is C17H15N3O2S. The number of anilines is 1. The molecule has 0 radical (unpaired) electrons. The predicted octanol–water partition coefficient (Wildman–Crippen LogP) is 3.18. The number of nitrogens with zero attached hydrogens (tertiary/aromatic N) is 1. The van der Waals surface area contributed by atoms with Crippen LogP contribution in [0.3, 0.4) is 0 Å². The van der Waals surface area contributed by atoms with Gasteiger partial charge in [0.2, 0.25) is 5.91 Å². The molecule has 0 aliphatic heterocycles. The zero-order valence-corrected chi connectivity index (χ0v) is 13.3. The first-order valence-corrected chi connectivity index (χ1v) is 7.98. The number of benzene rings is 2. The minimum absolute atomic E-state index is 0.107. The van der Waals surface area contributed by atoms with Gasteiger partial charge in [-0.2, -0.15) is 0 Å². The van der Waals surface area contributed by atoms with E-state index in [1.807, 2.05) is 36.4 Å². The molecule has 1 heterocycles. The number of nitrogens with one attached hydrogen (secondary N) is 2. The van der Waals surface area contributed by atoms with Gasteiger partial charge in [-0.05, 0) is 35.9 Å². The van der Waals surface area contributed by atoms with Gasteiger partial charge in [-0.25, -0.2) is 4.98 Å². The number of carbonyl (C=O) groups excluding carboxylic acids is 2. The van der Waals surface area contributed by atoms with Gasteiger partial charge in [0.1, 0.15) is 0 Å². The van der Waals surface area contributed by atoms with Crippen molar-refractivity contribution in [2.24, 2.45) is 0 Å². The SMILES string of the molecule is CC(=O)Nc1ccc(CNC(=O)c2ccc3ncsc3c2)cc1. The van der Waals surface area contributed by atoms with Crippen molar-refractivity contribution in [1.29, 1.82) is 0 Å². The van der Waals surface area contributed by atoms with E-state index in [9.17, 15) is 9.59 Å². The van der Waals surface area contributed by atoms with Crippen molar-refractivity contribution in [3.8, 4) is 0 Å². The zero-order valence-electron chi connectivity index (χ0n) is 12.5. The topological polar surface area (TPSA) is 71.1 Å². The Morgan fingerprint density at radius 1 is 1.13 bits per heavy atom. The summed E-state index contributed by atoms with van der Waals surface area (Å²) in [5.74, 6) is -0.226. The second kappa shape index (κ2) is 6.58. The van der Waals surface area contributed by atoms with Crippen molar-refractivity contribution in [3.63, 3.8) is 0 Å². The van der Waals surface area contributed by atoms with E-state index in [-0.39, 0.29) is 11.8 Å². The Morgan fingerprint density at radius 2 is 1.91 bits per heavy atom. The Labute approximate surface area is 137 Å². The van der Waals surface area contributed by atoms with E-state index in [4.69, 9.17) is 0 Å². The zero-order chi connectivity index (χ0) is 16.2. The average molecular weight is 325 g/mol. The quantitative estimate of drug-likeness (QED) is 0.774. The molecule has 2 aromatic carbocycles. The molecule has 0 bridgehead atoms. The molecule has 0 saturated carbocycles. The van der Waals surface area contributed by atoms with Gasteiger partial charge in [0.05, 0.1) is 15.7 Å². The maximum Gasteiger partial charge on any atom is 0.251 e. The molecule has 5 nitrogen and oxygen atoms in total. The number of fused-ring (bicyclic) bond motifs is 1. The molecule has 0 spiro atoms. The van der Waals surface area contributed by atoms with Gasteiger partial charge >= 0.3 is 0 Å². The van der Waals surface area contributed by atoms with Crippen LogP contribution in [0.25, 0.3) is 10.2 Å². The molecule has 0 aliphatic carbocycles. The Balaban J connectivity index is 1.62. The Morgan fingerprint density at radius 3 is 2.65 bits per heavy atom. The second-order valence-corrected chi connectivity index (χ2v) is 5.98. The molecule has 23 heavy (non-hydrogen) atoms. The highest BCUT2D eigenvalue weighted by Crippen LogP contribution is 2.19. The number of hydrogen-bond donors (Lipinski definition) is 2. The second-order valence-electron chi connectivity index (χ2n) is 5.10. The van der Waals surface area contributed by atoms with Crippen molar-refractivity contribution in [2.75, 3.05) is 5.32 Å². The van der Waals surface area contributed by atoms with Crippen molar-refractivity contribution in [2.45, 2.75) is 13.5 Å². The third-order valence-corrected chi connectivity index (χ3v) is 4.11. The fraction of sp³-hybridized carbons (Fsp3) is 0.118. The van der Waals surface area contributed by atoms with Crippen molar-refractivity contribution in [1.82, 2.24) is 10.3 Å². The molecular weight excluding hydrogens is 310 g/mol. The number of thiazole rings is 1. The fourth-order valence-electron chi connectivity index (χ4n) is 2.19. The van der Waals surface area contributed by atoms with Crippen LogP contribution in [0.2, 0.25) is 0 Å². The highest BCUT2D eigenvalue weighted by molar-refractivity contribution is 7.16. The molecule has 0 atom stereocenters. The van der Waals surface area contributed by atoms with Gasteiger partial charge in [0.15, 0.2) is 0 Å². The minimum atomic E-state index is -0.119. The van der Waals surface area contributed by atoms with E-state index in [0.29, 0.717) is 12.1 Å². The highest BCUT2D eigenvalue weighted by Gasteiger charge is 2.07. The van der Waals surface area contributed by atoms with Gasteiger partial charge in [0.25, 0.3) is 5.91 Å². The maximum atomic E-state index is 12.2. The van der Waals surface area contributed by atoms with E-state index in [1.54, 1.807) is 11.6 Å². The van der Waals surface area contributed by atoms with Crippen LogP contribution in [0.4, 0.5) is 5.69 Å². The molecule has 1 aromatic heterocycles. The number of amides is 2. The number of rotatable bonds is 4. The van der Waals surface area contributed by atoms with Crippen molar-refractivity contribution < 1.29 is 9.59 Å². The standard InChI is InChI=1S/C17H15N3O2S/c1-11(21)20-14-5-2-12(3-6-14)9-18-17(22)13-4-7-15-16(8-13)23-10-19-15/h2-8,10H,9H2,1H3,(H,18,22)(H,20,21). The van der Waals surface area contributed by atoms with E-state index in [2.05, 4.69) is 15.6 Å². The summed E-state index contributed by atoms with van der Waals surface area (Å²) in [5, 5.41) is 5.60. The van der Waals surface area contributed by atoms with E-state index in [0.717, 1.165) is 21.5 Å². The Bertz CT molecular complexity index is 856. The molecule has 3 aromatic rings. The first-order valence-electron chi connectivity index (χ1n) is 7.10. The molecule has 0 unspecified atom stereocenters. The van der Waals surface area contributed by atoms with E-state index < -0.39 is 0 Å². The normalized spacial score (nSPS) is 10.5. The summed E-state index contributed by atoms with van der Waals surface area (Å²) in [6.45, 7) is 1.90. The first kappa shape index (κ1) is 15.2. The van der Waals surface area contributed by atoms with E-state index >= 15 is 0 Å². The van der Waals surface area contributed by atoms with Crippen LogP contribution in [0.15, 0.2) is 48.0 Å². The molecule has 0 aliphatic rings. The van der Waals surface area contributed by atoms with Crippen LogP contribution >= 0.6 is 11.3 Å². The molecule has 3 rings (SSSR count). The van der Waals surface area contributed by atoms with E-state index in [1.165, 1.54) is 18.3 Å². The largest absolute Gasteiger partial charge is 0.348 e. The van der Waals surface area contributed by atoms with Crippen molar-refractivity contribution in [3.05, 3.63) is 59.1 Å². The lowest BCUT2D eigenvalue weighted by Crippen LogP contribution is -2.22. The summed E-state index contributed by atoms with van der Waals surface area (Å²) in [4.78, 5) is 27.4. The molecule has 2 amide bonds. The van der Waals surface area contributed by atoms with Gasteiger partial charge in [-0.3, -0.25) is 9.59 Å². The molecule has 116 valence electrons. The minimum Gasteiger partial charge on any atom is -0.348 e. The van der Waals surface area contributed by atoms with Crippen LogP contribution in [0.5, 0.6) is 0 Å². The van der Waals surface area contributed by atoms with Crippen LogP contribution in [-0.2, 0) is 11.3 Å². The summed E-state index contributed by atoms with van der Waals surface area (Å²) in [6.07, 6.45) is 0. The lowest BCUT2D eigenvalue weighted by atomic mass is 10.1. The molecule has 0 saturated heterocycles. The summed E-state index contributed by atoms with van der Waals surface area (Å²) in [7, 11) is 0. The van der Waals surface area contributed by atoms with Gasteiger partial charge < -0.3 is 10.6 Å². The number of aromatic nitrogens is 1. The third-order valence-electron chi connectivity index (χ3n) is 3.32. The Hall–Kier alpha value is -2.73. The number of hydrogen-bond acceptors (Lipinski definition) is 4. The van der Waals surface area contributed by atoms with Crippen LogP contribution < -0.4 is 10.6 Å². The summed E-state index contributed by atoms with van der Waals surface area (Å²) >= 11 is 1.51. The average Bonchev–Trinajstić information content (AvgIpc) is 3.01. The van der Waals surface area contributed by atoms with Gasteiger partial charge in [-0.15, -0.1) is 11.3 Å². The van der Waals surface area contributed by atoms with Crippen molar-refractivity contribution >= 4 is 39.1 Å². The smallest absolute Gasteiger partial charge is 0.251 e. The monoisotopic (exact) mass is 325 g/mol. The summed E-state index contributed by atoms with van der Waals surface area (Å²) in [5.41, 5.74) is 4.99. The summed E-state index contributed by atoms with van der Waals surface area (Å²) in [6, 6.07) is 12.8. The first-order chi connectivity index (χ1) is 11.1. The third kappa shape index (κ3) is 3.73. The molecule has 2 N–H and O–H groups in total. The lowest BCUT2D eigenvalue weighted by molar-refractivity contribution is -0.114. The lowest BCUT2D eigenvalue weighted by Gasteiger charge is -2.07. The fourth-order valence-corrected chi connectivity index (χ4v) is 2.91. The van der Waals surface area contributed by atoms with Gasteiger partial charge in [-0.1, -0.05) is 12.1 Å². The van der Waals surface area contributed by atoms with Crippen LogP contribution in [0.1, 0.15) is 22.8 Å². The molecule has 6 heteroatoms. The van der Waals surface area contributed by atoms with Gasteiger partial charge in [0, 0.05) is 24.7 Å². The van der Waals surface area contributed by atoms with Crippen LogP contribution in [-0.4, -0.2) is 16.8 Å². The maximum absolute atomic E-state index is 12.2. The summed E-state index contributed by atoms with van der Waals surface area (Å²) < 4.78 is 0.998. The number of carbonyl (C=O) groups is 2. The predicted molar refractivity (Wildman–Crippen MR) is 91.5 cm³/mol. The Kier molecular flexibility index (Phi) is 4.34. The van der Waals surface area contributed by atoms with Crippen LogP contribution in [0, 0.1) is 0 Å². The molecule has 0 fully saturated rings. The highest BCUT2D eigenvalue weighted by atomic mass is 32.1.